The van der Waals surface area contributed by atoms with Crippen molar-refractivity contribution in [1.82, 2.24) is 15.0 Å². The highest BCUT2D eigenvalue weighted by Gasteiger charge is 2.19. The molecule has 0 radical (unpaired) electrons. The molecular formula is C20H17ClF2N6O2. The van der Waals surface area contributed by atoms with E-state index < -0.39 is 17.7 Å². The maximum atomic E-state index is 13.7. The van der Waals surface area contributed by atoms with Gasteiger partial charge in [0, 0.05) is 31.0 Å². The van der Waals surface area contributed by atoms with Crippen LogP contribution < -0.4 is 15.5 Å². The van der Waals surface area contributed by atoms with Crippen LogP contribution in [0.4, 0.5) is 31.8 Å². The van der Waals surface area contributed by atoms with E-state index in [2.05, 4.69) is 25.6 Å². The van der Waals surface area contributed by atoms with Gasteiger partial charge in [-0.25, -0.2) is 19.3 Å². The van der Waals surface area contributed by atoms with E-state index in [4.69, 9.17) is 16.3 Å². The maximum absolute atomic E-state index is 13.7. The second kappa shape index (κ2) is 9.19. The number of aromatic nitrogens is 3. The zero-order chi connectivity index (χ0) is 21.8. The number of anilines is 4. The summed E-state index contributed by atoms with van der Waals surface area (Å²) in [5.41, 5.74) is 1.29. The molecule has 160 valence electrons. The standard InChI is InChI=1S/C20H17ClF2N6O2/c21-13-2-1-12(9-14(13)22)26-20-24-4-3-15(28-20)19(30)27-16-11-25-18(23)10-17(16)29-5-7-31-8-6-29/h1-4,9-11H,5-8H2,(H,27,30)(H,24,26,28). The van der Waals surface area contributed by atoms with Crippen molar-refractivity contribution in [3.05, 3.63) is 65.2 Å². The molecule has 0 aliphatic carbocycles. The first-order valence-electron chi connectivity index (χ1n) is 9.34. The van der Waals surface area contributed by atoms with Crippen molar-refractivity contribution in [2.24, 2.45) is 0 Å². The Bertz CT molecular complexity index is 1110. The smallest absolute Gasteiger partial charge is 0.274 e. The summed E-state index contributed by atoms with van der Waals surface area (Å²) in [7, 11) is 0. The Balaban J connectivity index is 1.53. The van der Waals surface area contributed by atoms with Crippen molar-refractivity contribution >= 4 is 40.5 Å². The summed E-state index contributed by atoms with van der Waals surface area (Å²) in [6, 6.07) is 6.83. The Morgan fingerprint density at radius 1 is 1.13 bits per heavy atom. The molecule has 0 bridgehead atoms. The first kappa shape index (κ1) is 20.9. The van der Waals surface area contributed by atoms with Crippen molar-refractivity contribution in [1.29, 1.82) is 0 Å². The molecule has 1 amide bonds. The molecule has 0 atom stereocenters. The topological polar surface area (TPSA) is 92.3 Å². The third-order valence-electron chi connectivity index (χ3n) is 4.51. The van der Waals surface area contributed by atoms with Crippen LogP contribution in [0.3, 0.4) is 0 Å². The highest BCUT2D eigenvalue weighted by molar-refractivity contribution is 6.30. The minimum absolute atomic E-state index is 0.0106. The summed E-state index contributed by atoms with van der Waals surface area (Å²) in [4.78, 5) is 26.5. The molecule has 0 unspecified atom stereocenters. The van der Waals surface area contributed by atoms with Crippen LogP contribution in [0.25, 0.3) is 0 Å². The molecule has 1 fully saturated rings. The number of hydrogen-bond donors (Lipinski definition) is 2. The highest BCUT2D eigenvalue weighted by Crippen LogP contribution is 2.27. The quantitative estimate of drug-likeness (QED) is 0.578. The van der Waals surface area contributed by atoms with E-state index in [0.29, 0.717) is 43.4 Å². The van der Waals surface area contributed by atoms with Crippen LogP contribution in [-0.2, 0) is 4.74 Å². The number of rotatable bonds is 5. The number of carbonyl (C=O) groups is 1. The summed E-state index contributed by atoms with van der Waals surface area (Å²) in [6.45, 7) is 2.13. The number of amides is 1. The number of benzene rings is 1. The van der Waals surface area contributed by atoms with Gasteiger partial charge in [-0.3, -0.25) is 4.79 Å². The van der Waals surface area contributed by atoms with Gasteiger partial charge in [0.25, 0.3) is 5.91 Å². The van der Waals surface area contributed by atoms with Gasteiger partial charge in [0.1, 0.15) is 11.5 Å². The molecule has 0 spiro atoms. The van der Waals surface area contributed by atoms with Gasteiger partial charge in [-0.05, 0) is 24.3 Å². The van der Waals surface area contributed by atoms with Crippen LogP contribution in [0.5, 0.6) is 0 Å². The number of ether oxygens (including phenoxy) is 1. The molecule has 3 heterocycles. The number of halogens is 3. The molecule has 2 aromatic heterocycles. The molecule has 11 heteroatoms. The van der Waals surface area contributed by atoms with E-state index in [9.17, 15) is 13.6 Å². The van der Waals surface area contributed by atoms with E-state index in [0.717, 1.165) is 0 Å². The van der Waals surface area contributed by atoms with Gasteiger partial charge in [0.15, 0.2) is 0 Å². The zero-order valence-corrected chi connectivity index (χ0v) is 16.9. The van der Waals surface area contributed by atoms with Crippen LogP contribution >= 0.6 is 11.6 Å². The average Bonchev–Trinajstić information content (AvgIpc) is 2.78. The fourth-order valence-corrected chi connectivity index (χ4v) is 3.13. The van der Waals surface area contributed by atoms with Crippen LogP contribution in [0, 0.1) is 11.8 Å². The van der Waals surface area contributed by atoms with Crippen LogP contribution in [0.2, 0.25) is 5.02 Å². The minimum atomic E-state index is -0.650. The zero-order valence-electron chi connectivity index (χ0n) is 16.1. The van der Waals surface area contributed by atoms with Crippen molar-refractivity contribution in [3.8, 4) is 0 Å². The molecule has 1 aliphatic heterocycles. The van der Waals surface area contributed by atoms with E-state index in [1.165, 1.54) is 36.7 Å². The number of pyridine rings is 1. The molecule has 3 aromatic rings. The summed E-state index contributed by atoms with van der Waals surface area (Å²) < 4.78 is 32.7. The van der Waals surface area contributed by atoms with Crippen molar-refractivity contribution in [3.63, 3.8) is 0 Å². The third-order valence-corrected chi connectivity index (χ3v) is 4.82. The summed E-state index contributed by atoms with van der Waals surface area (Å²) >= 11 is 5.68. The normalized spacial score (nSPS) is 13.7. The largest absolute Gasteiger partial charge is 0.378 e. The number of hydrogen-bond acceptors (Lipinski definition) is 7. The van der Waals surface area contributed by atoms with Crippen LogP contribution in [0.1, 0.15) is 10.5 Å². The number of carbonyl (C=O) groups excluding carboxylic acids is 1. The van der Waals surface area contributed by atoms with E-state index in [1.54, 1.807) is 6.07 Å². The van der Waals surface area contributed by atoms with Crippen LogP contribution in [-0.4, -0.2) is 47.2 Å². The lowest BCUT2D eigenvalue weighted by Crippen LogP contribution is -2.37. The van der Waals surface area contributed by atoms with Crippen molar-refractivity contribution in [2.45, 2.75) is 0 Å². The SMILES string of the molecule is O=C(Nc1cnc(F)cc1N1CCOCC1)c1ccnc(Nc2ccc(Cl)c(F)c2)n1. The van der Waals surface area contributed by atoms with Crippen molar-refractivity contribution < 1.29 is 18.3 Å². The average molecular weight is 447 g/mol. The molecule has 1 aliphatic rings. The predicted molar refractivity (Wildman–Crippen MR) is 112 cm³/mol. The number of nitrogens with zero attached hydrogens (tertiary/aromatic N) is 4. The lowest BCUT2D eigenvalue weighted by molar-refractivity contribution is 0.102. The second-order valence-corrected chi connectivity index (χ2v) is 7.00. The molecule has 1 aromatic carbocycles. The third kappa shape index (κ3) is 5.04. The second-order valence-electron chi connectivity index (χ2n) is 6.60. The number of morpholine rings is 1. The Kier molecular flexibility index (Phi) is 6.19. The fourth-order valence-electron chi connectivity index (χ4n) is 3.02. The fraction of sp³-hybridized carbons (Fsp3) is 0.200. The van der Waals surface area contributed by atoms with Gasteiger partial charge in [-0.15, -0.1) is 0 Å². The van der Waals surface area contributed by atoms with E-state index in [-0.39, 0.29) is 16.7 Å². The Labute approximate surface area is 181 Å². The van der Waals surface area contributed by atoms with Gasteiger partial charge >= 0.3 is 0 Å². The Morgan fingerprint density at radius 3 is 2.71 bits per heavy atom. The lowest BCUT2D eigenvalue weighted by atomic mass is 10.2. The summed E-state index contributed by atoms with van der Waals surface area (Å²) in [5.74, 6) is -1.68. The molecule has 0 saturated carbocycles. The molecule has 8 nitrogen and oxygen atoms in total. The first-order valence-corrected chi connectivity index (χ1v) is 9.72. The predicted octanol–water partition coefficient (Wildman–Crippen LogP) is 3.64. The Hall–Kier alpha value is -3.37. The van der Waals surface area contributed by atoms with Gasteiger partial charge in [-0.1, -0.05) is 11.6 Å². The summed E-state index contributed by atoms with van der Waals surface area (Å²) in [6.07, 6.45) is 2.65. The van der Waals surface area contributed by atoms with Gasteiger partial charge in [0.2, 0.25) is 11.9 Å². The summed E-state index contributed by atoms with van der Waals surface area (Å²) in [5, 5.41) is 5.52. The molecule has 4 rings (SSSR count). The van der Waals surface area contributed by atoms with Crippen LogP contribution in [0.15, 0.2) is 42.7 Å². The number of nitrogens with one attached hydrogen (secondary N) is 2. The van der Waals surface area contributed by atoms with Gasteiger partial charge < -0.3 is 20.3 Å². The van der Waals surface area contributed by atoms with Gasteiger partial charge in [-0.2, -0.15) is 4.39 Å². The monoisotopic (exact) mass is 446 g/mol. The van der Waals surface area contributed by atoms with Gasteiger partial charge in [0.05, 0.1) is 35.8 Å². The lowest BCUT2D eigenvalue weighted by Gasteiger charge is -2.30. The molecule has 31 heavy (non-hydrogen) atoms. The minimum Gasteiger partial charge on any atom is -0.378 e. The molecule has 2 N–H and O–H groups in total. The molecule has 1 saturated heterocycles. The molecular weight excluding hydrogens is 430 g/mol. The first-order chi connectivity index (χ1) is 15.0. The Morgan fingerprint density at radius 2 is 1.94 bits per heavy atom. The maximum Gasteiger partial charge on any atom is 0.274 e. The van der Waals surface area contributed by atoms with E-state index >= 15 is 0 Å². The van der Waals surface area contributed by atoms with Crippen molar-refractivity contribution in [2.75, 3.05) is 41.8 Å². The highest BCUT2D eigenvalue weighted by atomic mass is 35.5. The van der Waals surface area contributed by atoms with E-state index in [1.807, 2.05) is 4.90 Å².